The summed E-state index contributed by atoms with van der Waals surface area (Å²) in [7, 11) is -2.77. The summed E-state index contributed by atoms with van der Waals surface area (Å²) in [6.07, 6.45) is 2.55. The summed E-state index contributed by atoms with van der Waals surface area (Å²) >= 11 is 5.79. The molecule has 0 heterocycles. The predicted molar refractivity (Wildman–Crippen MR) is 85.8 cm³/mol. The first-order chi connectivity index (χ1) is 10.2. The van der Waals surface area contributed by atoms with Crippen LogP contribution in [-0.4, -0.2) is 33.1 Å². The summed E-state index contributed by atoms with van der Waals surface area (Å²) in [6.45, 7) is 2.34. The number of urea groups is 1. The lowest BCUT2D eigenvalue weighted by atomic mass is 10.2. The van der Waals surface area contributed by atoms with E-state index >= 15 is 0 Å². The molecule has 9 heteroatoms. The molecular weight excluding hydrogens is 330 g/mol. The quantitative estimate of drug-likeness (QED) is 0.682. The van der Waals surface area contributed by atoms with Crippen LogP contribution >= 0.6 is 11.6 Å². The standard InChI is InChI=1S/C13H20ClN3O4S/c1-3-4-5-8-17(13(19)16-2)10-7-6-9(14)12(11(10)18)22(15,20)21/h6-7,18H,3-5,8H2,1-2H3,(H,16,19)(H2,15,20,21). The lowest BCUT2D eigenvalue weighted by molar-refractivity contribution is 0.247. The van der Waals surface area contributed by atoms with E-state index in [4.69, 9.17) is 16.7 Å². The van der Waals surface area contributed by atoms with E-state index in [1.807, 2.05) is 6.92 Å². The van der Waals surface area contributed by atoms with Gasteiger partial charge in [0.25, 0.3) is 0 Å². The summed E-state index contributed by atoms with van der Waals surface area (Å²) in [4.78, 5) is 12.7. The fraction of sp³-hybridized carbons (Fsp3) is 0.462. The number of unbranched alkanes of at least 4 members (excludes halogenated alkanes) is 2. The Morgan fingerprint density at radius 2 is 2.05 bits per heavy atom. The molecule has 22 heavy (non-hydrogen) atoms. The maximum Gasteiger partial charge on any atom is 0.321 e. The average Bonchev–Trinajstić information content (AvgIpc) is 2.42. The van der Waals surface area contributed by atoms with Crippen molar-refractivity contribution in [1.29, 1.82) is 0 Å². The van der Waals surface area contributed by atoms with Crippen LogP contribution < -0.4 is 15.4 Å². The minimum absolute atomic E-state index is 0.0453. The summed E-state index contributed by atoms with van der Waals surface area (Å²) in [5.41, 5.74) is 0.0453. The Labute approximate surface area is 135 Å². The monoisotopic (exact) mass is 349 g/mol. The minimum atomic E-state index is -4.22. The van der Waals surface area contributed by atoms with Gasteiger partial charge in [-0.3, -0.25) is 4.90 Å². The summed E-state index contributed by atoms with van der Waals surface area (Å²) in [5.74, 6) is -0.630. The lowest BCUT2D eigenvalue weighted by Crippen LogP contribution is -2.39. The first-order valence-corrected chi connectivity index (χ1v) is 8.70. The first-order valence-electron chi connectivity index (χ1n) is 6.77. The van der Waals surface area contributed by atoms with Gasteiger partial charge < -0.3 is 10.4 Å². The molecule has 4 N–H and O–H groups in total. The Morgan fingerprint density at radius 1 is 1.41 bits per heavy atom. The molecule has 0 aliphatic rings. The molecule has 0 unspecified atom stereocenters. The van der Waals surface area contributed by atoms with Crippen LogP contribution in [-0.2, 0) is 10.0 Å². The van der Waals surface area contributed by atoms with Gasteiger partial charge in [-0.25, -0.2) is 18.4 Å². The van der Waals surface area contributed by atoms with Gasteiger partial charge in [0.05, 0.1) is 10.7 Å². The SMILES string of the molecule is CCCCCN(C(=O)NC)c1ccc(Cl)c(S(N)(=O)=O)c1O. The third kappa shape index (κ3) is 4.25. The number of nitrogens with two attached hydrogens (primary N) is 1. The summed E-state index contributed by atoms with van der Waals surface area (Å²) in [6, 6.07) is 2.20. The molecule has 1 aromatic carbocycles. The van der Waals surface area contributed by atoms with Gasteiger partial charge in [0, 0.05) is 13.6 Å². The number of nitrogens with one attached hydrogen (secondary N) is 1. The maximum atomic E-state index is 12.0. The van der Waals surface area contributed by atoms with E-state index in [2.05, 4.69) is 5.32 Å². The number of benzene rings is 1. The fourth-order valence-corrected chi connectivity index (χ4v) is 3.20. The van der Waals surface area contributed by atoms with Crippen LogP contribution in [0.25, 0.3) is 0 Å². The van der Waals surface area contributed by atoms with Crippen molar-refractivity contribution in [3.63, 3.8) is 0 Å². The van der Waals surface area contributed by atoms with Crippen molar-refractivity contribution < 1.29 is 18.3 Å². The van der Waals surface area contributed by atoms with Crippen molar-refractivity contribution in [3.05, 3.63) is 17.2 Å². The van der Waals surface area contributed by atoms with Crippen LogP contribution in [0.1, 0.15) is 26.2 Å². The number of hydrogen-bond acceptors (Lipinski definition) is 4. The van der Waals surface area contributed by atoms with Crippen molar-refractivity contribution in [1.82, 2.24) is 5.32 Å². The number of sulfonamides is 1. The van der Waals surface area contributed by atoms with E-state index in [9.17, 15) is 18.3 Å². The van der Waals surface area contributed by atoms with Gasteiger partial charge in [-0.1, -0.05) is 31.4 Å². The molecule has 1 aromatic rings. The molecule has 0 spiro atoms. The summed E-state index contributed by atoms with van der Waals surface area (Å²) < 4.78 is 23.1. The number of halogens is 1. The number of nitrogens with zero attached hydrogens (tertiary/aromatic N) is 1. The number of phenols is 1. The van der Waals surface area contributed by atoms with Gasteiger partial charge in [0.15, 0.2) is 5.75 Å². The Bertz CT molecular complexity index is 649. The molecule has 0 atom stereocenters. The van der Waals surface area contributed by atoms with Gasteiger partial charge in [-0.15, -0.1) is 0 Å². The van der Waals surface area contributed by atoms with Crippen LogP contribution in [0.15, 0.2) is 17.0 Å². The Balaban J connectivity index is 3.34. The highest BCUT2D eigenvalue weighted by Gasteiger charge is 2.25. The third-order valence-electron chi connectivity index (χ3n) is 3.08. The van der Waals surface area contributed by atoms with Crippen molar-refractivity contribution in [2.45, 2.75) is 31.1 Å². The molecule has 0 fully saturated rings. The normalized spacial score (nSPS) is 11.3. The smallest absolute Gasteiger partial charge is 0.321 e. The van der Waals surface area contributed by atoms with Crippen molar-refractivity contribution >= 4 is 33.3 Å². The van der Waals surface area contributed by atoms with E-state index in [1.54, 1.807) is 0 Å². The van der Waals surface area contributed by atoms with E-state index in [-0.39, 0.29) is 10.7 Å². The summed E-state index contributed by atoms with van der Waals surface area (Å²) in [5, 5.41) is 17.5. The van der Waals surface area contributed by atoms with Gasteiger partial charge in [0.2, 0.25) is 10.0 Å². The maximum absolute atomic E-state index is 12.0. The molecule has 124 valence electrons. The highest BCUT2D eigenvalue weighted by atomic mass is 35.5. The molecule has 0 aliphatic heterocycles. The molecular formula is C13H20ClN3O4S. The Hall–Kier alpha value is -1.51. The molecule has 0 bridgehead atoms. The lowest BCUT2D eigenvalue weighted by Gasteiger charge is -2.24. The zero-order valence-corrected chi connectivity index (χ0v) is 14.0. The van der Waals surface area contributed by atoms with Gasteiger partial charge >= 0.3 is 6.03 Å². The van der Waals surface area contributed by atoms with E-state index in [1.165, 1.54) is 24.1 Å². The van der Waals surface area contributed by atoms with E-state index in [0.29, 0.717) is 13.0 Å². The van der Waals surface area contributed by atoms with Gasteiger partial charge in [0.1, 0.15) is 4.90 Å². The van der Waals surface area contributed by atoms with Crippen LogP contribution in [0, 0.1) is 0 Å². The van der Waals surface area contributed by atoms with Crippen LogP contribution in [0.5, 0.6) is 5.75 Å². The number of hydrogen-bond donors (Lipinski definition) is 3. The molecule has 1 rings (SSSR count). The second-order valence-corrected chi connectivity index (χ2v) is 6.61. The number of carbonyl (C=O) groups is 1. The van der Waals surface area contributed by atoms with Crippen molar-refractivity contribution in [2.75, 3.05) is 18.5 Å². The molecule has 2 amide bonds. The number of rotatable bonds is 6. The minimum Gasteiger partial charge on any atom is -0.504 e. The predicted octanol–water partition coefficient (Wildman–Crippen LogP) is 2.03. The van der Waals surface area contributed by atoms with Gasteiger partial charge in [-0.05, 0) is 18.6 Å². The number of aromatic hydroxyl groups is 1. The largest absolute Gasteiger partial charge is 0.504 e. The molecule has 0 aliphatic carbocycles. The fourth-order valence-electron chi connectivity index (χ4n) is 2.01. The topological polar surface area (TPSA) is 113 Å². The zero-order valence-electron chi connectivity index (χ0n) is 12.5. The highest BCUT2D eigenvalue weighted by Crippen LogP contribution is 2.38. The Kier molecular flexibility index (Phi) is 6.46. The molecule has 7 nitrogen and oxygen atoms in total. The number of anilines is 1. The number of amides is 2. The first kappa shape index (κ1) is 18.5. The molecule has 0 aromatic heterocycles. The van der Waals surface area contributed by atoms with Crippen LogP contribution in [0.4, 0.5) is 10.5 Å². The third-order valence-corrected chi connectivity index (χ3v) is 4.49. The van der Waals surface area contributed by atoms with Crippen LogP contribution in [0.2, 0.25) is 5.02 Å². The van der Waals surface area contributed by atoms with Crippen molar-refractivity contribution in [2.24, 2.45) is 5.14 Å². The second kappa shape index (κ2) is 7.66. The number of primary sulfonamides is 1. The Morgan fingerprint density at radius 3 is 2.55 bits per heavy atom. The molecule has 0 saturated carbocycles. The van der Waals surface area contributed by atoms with Crippen molar-refractivity contribution in [3.8, 4) is 5.75 Å². The molecule has 0 radical (unpaired) electrons. The average molecular weight is 350 g/mol. The highest BCUT2D eigenvalue weighted by molar-refractivity contribution is 7.89. The van der Waals surface area contributed by atoms with E-state index < -0.39 is 26.7 Å². The number of carbonyl (C=O) groups excluding carboxylic acids is 1. The van der Waals surface area contributed by atoms with Crippen LogP contribution in [0.3, 0.4) is 0 Å². The van der Waals surface area contributed by atoms with E-state index in [0.717, 1.165) is 12.8 Å². The van der Waals surface area contributed by atoms with Gasteiger partial charge in [-0.2, -0.15) is 0 Å². The second-order valence-electron chi connectivity index (χ2n) is 4.70. The zero-order chi connectivity index (χ0) is 16.9. The molecule has 0 saturated heterocycles. The number of phenolic OH excluding ortho intramolecular Hbond substituents is 1.